The molecule has 0 saturated carbocycles. The molecule has 0 heterocycles. The number of aliphatic hydroxyl groups is 1. The molecule has 0 aliphatic heterocycles. The predicted molar refractivity (Wildman–Crippen MR) is 73.8 cm³/mol. The standard InChI is InChI=1S/C15H14BrFO/c1-15(18,12-5-3-2-4-6-12)10-11-7-8-13(16)9-14(11)17/h2-9,18H,10H2,1H3. The van der Waals surface area contributed by atoms with E-state index in [1.165, 1.54) is 6.07 Å². The molecule has 0 aliphatic carbocycles. The summed E-state index contributed by atoms with van der Waals surface area (Å²) in [5.74, 6) is -0.305. The van der Waals surface area contributed by atoms with Gasteiger partial charge in [0.05, 0.1) is 5.60 Å². The molecule has 0 amide bonds. The van der Waals surface area contributed by atoms with E-state index in [0.29, 0.717) is 10.0 Å². The van der Waals surface area contributed by atoms with Gasteiger partial charge in [0, 0.05) is 10.9 Å². The Bertz CT molecular complexity index is 537. The molecule has 0 aliphatic rings. The van der Waals surface area contributed by atoms with E-state index in [4.69, 9.17) is 0 Å². The van der Waals surface area contributed by atoms with Crippen molar-refractivity contribution in [2.45, 2.75) is 18.9 Å². The van der Waals surface area contributed by atoms with E-state index in [2.05, 4.69) is 15.9 Å². The van der Waals surface area contributed by atoms with Gasteiger partial charge in [0.15, 0.2) is 0 Å². The lowest BCUT2D eigenvalue weighted by Gasteiger charge is -2.24. The summed E-state index contributed by atoms with van der Waals surface area (Å²) in [5, 5.41) is 10.5. The lowest BCUT2D eigenvalue weighted by Crippen LogP contribution is -2.24. The van der Waals surface area contributed by atoms with Gasteiger partial charge in [-0.25, -0.2) is 4.39 Å². The van der Waals surface area contributed by atoms with Crippen LogP contribution in [0.5, 0.6) is 0 Å². The minimum Gasteiger partial charge on any atom is -0.385 e. The van der Waals surface area contributed by atoms with Crippen LogP contribution in [0.2, 0.25) is 0 Å². The van der Waals surface area contributed by atoms with E-state index in [9.17, 15) is 9.50 Å². The lowest BCUT2D eigenvalue weighted by molar-refractivity contribution is 0.0567. The maximum Gasteiger partial charge on any atom is 0.127 e. The van der Waals surface area contributed by atoms with Crippen molar-refractivity contribution in [3.63, 3.8) is 0 Å². The Morgan fingerprint density at radius 2 is 1.83 bits per heavy atom. The van der Waals surface area contributed by atoms with Crippen molar-refractivity contribution < 1.29 is 9.50 Å². The first-order valence-electron chi connectivity index (χ1n) is 5.71. The molecule has 2 aromatic carbocycles. The molecule has 1 atom stereocenters. The molecule has 3 heteroatoms. The van der Waals surface area contributed by atoms with E-state index in [0.717, 1.165) is 5.56 Å². The molecule has 1 nitrogen and oxygen atoms in total. The molecule has 2 aromatic rings. The average Bonchev–Trinajstić information content (AvgIpc) is 2.34. The van der Waals surface area contributed by atoms with Crippen LogP contribution in [0.15, 0.2) is 53.0 Å². The minimum absolute atomic E-state index is 0.246. The smallest absolute Gasteiger partial charge is 0.127 e. The maximum atomic E-state index is 13.8. The van der Waals surface area contributed by atoms with Crippen LogP contribution in [0.25, 0.3) is 0 Å². The number of rotatable bonds is 3. The Kier molecular flexibility index (Phi) is 3.83. The maximum absolute atomic E-state index is 13.8. The summed E-state index contributed by atoms with van der Waals surface area (Å²) in [5.41, 5.74) is 0.218. The van der Waals surface area contributed by atoms with Crippen molar-refractivity contribution in [3.05, 3.63) is 69.9 Å². The average molecular weight is 309 g/mol. The van der Waals surface area contributed by atoms with Crippen LogP contribution in [-0.4, -0.2) is 5.11 Å². The molecule has 1 unspecified atom stereocenters. The zero-order chi connectivity index (χ0) is 13.2. The van der Waals surface area contributed by atoms with Crippen LogP contribution in [-0.2, 0) is 12.0 Å². The Hall–Kier alpha value is -1.19. The molecular weight excluding hydrogens is 295 g/mol. The molecule has 2 rings (SSSR count). The van der Waals surface area contributed by atoms with Gasteiger partial charge in [0.2, 0.25) is 0 Å². The van der Waals surface area contributed by atoms with Crippen LogP contribution in [0, 0.1) is 5.82 Å². The van der Waals surface area contributed by atoms with Gasteiger partial charge in [0.25, 0.3) is 0 Å². The predicted octanol–water partition coefficient (Wildman–Crippen LogP) is 4.04. The fraction of sp³-hybridized carbons (Fsp3) is 0.200. The second-order valence-corrected chi connectivity index (χ2v) is 5.47. The SMILES string of the molecule is CC(O)(Cc1ccc(Br)cc1F)c1ccccc1. The third-order valence-corrected chi connectivity index (χ3v) is 3.44. The summed E-state index contributed by atoms with van der Waals surface area (Å²) in [6, 6.07) is 14.2. The van der Waals surface area contributed by atoms with Crippen LogP contribution >= 0.6 is 15.9 Å². The van der Waals surface area contributed by atoms with Crippen molar-refractivity contribution in [2.75, 3.05) is 0 Å². The number of halogens is 2. The summed E-state index contributed by atoms with van der Waals surface area (Å²) in [4.78, 5) is 0. The highest BCUT2D eigenvalue weighted by atomic mass is 79.9. The molecule has 0 spiro atoms. The van der Waals surface area contributed by atoms with E-state index in [-0.39, 0.29) is 12.2 Å². The number of hydrogen-bond donors (Lipinski definition) is 1. The Labute approximate surface area is 114 Å². The van der Waals surface area contributed by atoms with Crippen LogP contribution in [0.1, 0.15) is 18.1 Å². The molecule has 18 heavy (non-hydrogen) atoms. The van der Waals surface area contributed by atoms with Gasteiger partial charge in [-0.3, -0.25) is 0 Å². The first kappa shape index (κ1) is 13.2. The minimum atomic E-state index is -1.07. The Morgan fingerprint density at radius 1 is 1.17 bits per heavy atom. The first-order valence-corrected chi connectivity index (χ1v) is 6.50. The highest BCUT2D eigenvalue weighted by Gasteiger charge is 2.24. The van der Waals surface area contributed by atoms with Gasteiger partial charge >= 0.3 is 0 Å². The summed E-state index contributed by atoms with van der Waals surface area (Å²) >= 11 is 3.22. The second kappa shape index (κ2) is 5.21. The topological polar surface area (TPSA) is 20.2 Å². The molecule has 0 bridgehead atoms. The summed E-state index contributed by atoms with van der Waals surface area (Å²) in [7, 11) is 0. The summed E-state index contributed by atoms with van der Waals surface area (Å²) in [6.45, 7) is 1.70. The van der Waals surface area contributed by atoms with Gasteiger partial charge in [0.1, 0.15) is 5.82 Å². The van der Waals surface area contributed by atoms with Gasteiger partial charge in [-0.15, -0.1) is 0 Å². The lowest BCUT2D eigenvalue weighted by atomic mass is 9.89. The third-order valence-electron chi connectivity index (χ3n) is 2.95. The molecule has 94 valence electrons. The van der Waals surface area contributed by atoms with Gasteiger partial charge in [-0.2, -0.15) is 0 Å². The van der Waals surface area contributed by atoms with Crippen molar-refractivity contribution in [3.8, 4) is 0 Å². The normalized spacial score (nSPS) is 14.2. The highest BCUT2D eigenvalue weighted by molar-refractivity contribution is 9.10. The fourth-order valence-corrected chi connectivity index (χ4v) is 2.27. The zero-order valence-electron chi connectivity index (χ0n) is 10.0. The van der Waals surface area contributed by atoms with E-state index in [1.807, 2.05) is 30.3 Å². The fourth-order valence-electron chi connectivity index (χ4n) is 1.94. The third kappa shape index (κ3) is 2.98. The highest BCUT2D eigenvalue weighted by Crippen LogP contribution is 2.27. The molecular formula is C15H14BrFO. The van der Waals surface area contributed by atoms with E-state index in [1.54, 1.807) is 19.1 Å². The van der Waals surface area contributed by atoms with E-state index < -0.39 is 5.60 Å². The van der Waals surface area contributed by atoms with Gasteiger partial charge < -0.3 is 5.11 Å². The van der Waals surface area contributed by atoms with Crippen LogP contribution in [0.4, 0.5) is 4.39 Å². The van der Waals surface area contributed by atoms with Gasteiger partial charge in [-0.1, -0.05) is 52.3 Å². The first-order chi connectivity index (χ1) is 8.49. The van der Waals surface area contributed by atoms with Crippen LogP contribution < -0.4 is 0 Å². The van der Waals surface area contributed by atoms with Crippen molar-refractivity contribution in [1.82, 2.24) is 0 Å². The molecule has 0 fully saturated rings. The van der Waals surface area contributed by atoms with Crippen molar-refractivity contribution in [2.24, 2.45) is 0 Å². The quantitative estimate of drug-likeness (QED) is 0.907. The monoisotopic (exact) mass is 308 g/mol. The second-order valence-electron chi connectivity index (χ2n) is 4.55. The van der Waals surface area contributed by atoms with Crippen LogP contribution in [0.3, 0.4) is 0 Å². The zero-order valence-corrected chi connectivity index (χ0v) is 11.6. The number of hydrogen-bond acceptors (Lipinski definition) is 1. The number of benzene rings is 2. The van der Waals surface area contributed by atoms with Gasteiger partial charge in [-0.05, 0) is 30.2 Å². The van der Waals surface area contributed by atoms with E-state index >= 15 is 0 Å². The Morgan fingerprint density at radius 3 is 2.44 bits per heavy atom. The largest absolute Gasteiger partial charge is 0.385 e. The van der Waals surface area contributed by atoms with Crippen molar-refractivity contribution in [1.29, 1.82) is 0 Å². The summed E-state index contributed by atoms with van der Waals surface area (Å²) < 4.78 is 14.5. The Balaban J connectivity index is 2.28. The summed E-state index contributed by atoms with van der Waals surface area (Å²) in [6.07, 6.45) is 0.246. The molecule has 0 saturated heterocycles. The molecule has 0 radical (unpaired) electrons. The van der Waals surface area contributed by atoms with Crippen molar-refractivity contribution >= 4 is 15.9 Å². The molecule has 0 aromatic heterocycles. The molecule has 1 N–H and O–H groups in total.